The minimum absolute atomic E-state index is 0.334. The van der Waals surface area contributed by atoms with Crippen LogP contribution in [-0.4, -0.2) is 19.7 Å². The first-order valence-corrected chi connectivity index (χ1v) is 7.84. The summed E-state index contributed by atoms with van der Waals surface area (Å²) in [5.41, 5.74) is 4.55. The molecule has 0 amide bonds. The zero-order valence-electron chi connectivity index (χ0n) is 10.9. The fourth-order valence-electron chi connectivity index (χ4n) is 2.11. The molecule has 2 N–H and O–H groups in total. The van der Waals surface area contributed by atoms with E-state index in [1.54, 1.807) is 0 Å². The van der Waals surface area contributed by atoms with E-state index in [4.69, 9.17) is 0 Å². The minimum atomic E-state index is -3.14. The smallest absolute Gasteiger partial charge is 0.209 e. The zero-order valence-corrected chi connectivity index (χ0v) is 11.7. The predicted octanol–water partition coefficient (Wildman–Crippen LogP) is 2.09. The van der Waals surface area contributed by atoms with E-state index in [0.29, 0.717) is 6.54 Å². The Morgan fingerprint density at radius 3 is 2.67 bits per heavy atom. The number of benzene rings is 1. The van der Waals surface area contributed by atoms with Crippen molar-refractivity contribution in [1.29, 1.82) is 0 Å². The molecule has 0 aliphatic carbocycles. The molecule has 0 bridgehead atoms. The highest BCUT2D eigenvalue weighted by molar-refractivity contribution is 7.88. The van der Waals surface area contributed by atoms with Crippen molar-refractivity contribution < 1.29 is 8.42 Å². The molecule has 1 aromatic carbocycles. The molecule has 0 unspecified atom stereocenters. The quantitative estimate of drug-likeness (QED) is 0.890. The fourth-order valence-corrected chi connectivity index (χ4v) is 2.54. The third-order valence-corrected chi connectivity index (χ3v) is 3.79. The number of aromatic amines is 1. The first kappa shape index (κ1) is 13.1. The summed E-state index contributed by atoms with van der Waals surface area (Å²) in [7, 11) is -3.14. The van der Waals surface area contributed by atoms with Gasteiger partial charge in [-0.3, -0.25) is 0 Å². The maximum atomic E-state index is 11.1. The molecule has 18 heavy (non-hydrogen) atoms. The van der Waals surface area contributed by atoms with Gasteiger partial charge in [0.1, 0.15) is 0 Å². The molecule has 0 atom stereocenters. The van der Waals surface area contributed by atoms with Gasteiger partial charge in [-0.2, -0.15) is 0 Å². The Bertz CT molecular complexity index is 672. The first-order chi connectivity index (χ1) is 8.40. The van der Waals surface area contributed by atoms with Crippen molar-refractivity contribution in [3.8, 4) is 0 Å². The monoisotopic (exact) mass is 266 g/mol. The Hall–Kier alpha value is -1.33. The lowest BCUT2D eigenvalue weighted by Crippen LogP contribution is -2.21. The second-order valence-corrected chi connectivity index (χ2v) is 6.39. The van der Waals surface area contributed by atoms with E-state index in [-0.39, 0.29) is 0 Å². The molecule has 98 valence electrons. The van der Waals surface area contributed by atoms with Gasteiger partial charge in [0, 0.05) is 23.1 Å². The normalized spacial score (nSPS) is 12.2. The van der Waals surface area contributed by atoms with Crippen LogP contribution in [0.2, 0.25) is 0 Å². The number of aromatic nitrogens is 1. The van der Waals surface area contributed by atoms with Gasteiger partial charge in [-0.25, -0.2) is 13.1 Å². The highest BCUT2D eigenvalue weighted by Gasteiger charge is 2.07. The topological polar surface area (TPSA) is 62.0 Å². The van der Waals surface area contributed by atoms with E-state index < -0.39 is 10.0 Å². The van der Waals surface area contributed by atoms with Crippen LogP contribution in [0.3, 0.4) is 0 Å². The third-order valence-electron chi connectivity index (χ3n) is 3.12. The van der Waals surface area contributed by atoms with Crippen molar-refractivity contribution >= 4 is 20.9 Å². The van der Waals surface area contributed by atoms with Crippen LogP contribution in [0, 0.1) is 6.92 Å². The van der Waals surface area contributed by atoms with E-state index in [1.165, 1.54) is 22.9 Å². The number of nitrogens with one attached hydrogen (secondary N) is 2. The van der Waals surface area contributed by atoms with Crippen molar-refractivity contribution in [2.45, 2.75) is 26.8 Å². The summed E-state index contributed by atoms with van der Waals surface area (Å²) < 4.78 is 24.6. The van der Waals surface area contributed by atoms with Crippen LogP contribution >= 0.6 is 0 Å². The molecule has 0 saturated carbocycles. The Balaban J connectivity index is 2.35. The van der Waals surface area contributed by atoms with Crippen molar-refractivity contribution in [2.24, 2.45) is 0 Å². The molecule has 0 saturated heterocycles. The van der Waals surface area contributed by atoms with Crippen molar-refractivity contribution in [3.63, 3.8) is 0 Å². The molecule has 2 rings (SSSR count). The van der Waals surface area contributed by atoms with Gasteiger partial charge < -0.3 is 4.98 Å². The van der Waals surface area contributed by atoms with Crippen molar-refractivity contribution in [1.82, 2.24) is 9.71 Å². The highest BCUT2D eigenvalue weighted by atomic mass is 32.2. The van der Waals surface area contributed by atoms with Crippen LogP contribution in [0.25, 0.3) is 10.9 Å². The van der Waals surface area contributed by atoms with Gasteiger partial charge in [0.15, 0.2) is 0 Å². The number of fused-ring (bicyclic) bond motifs is 1. The summed E-state index contributed by atoms with van der Waals surface area (Å²) in [6.07, 6.45) is 2.14. The molecule has 0 aliphatic heterocycles. The Morgan fingerprint density at radius 2 is 2.06 bits per heavy atom. The van der Waals surface area contributed by atoms with E-state index in [9.17, 15) is 8.42 Å². The first-order valence-electron chi connectivity index (χ1n) is 5.95. The highest BCUT2D eigenvalue weighted by Crippen LogP contribution is 2.23. The number of H-pyrrole nitrogens is 1. The van der Waals surface area contributed by atoms with E-state index in [0.717, 1.165) is 17.5 Å². The molecule has 0 spiro atoms. The Labute approximate surface area is 107 Å². The van der Waals surface area contributed by atoms with Gasteiger partial charge >= 0.3 is 0 Å². The Kier molecular flexibility index (Phi) is 3.45. The van der Waals surface area contributed by atoms with Crippen LogP contribution in [0.1, 0.15) is 23.7 Å². The lowest BCUT2D eigenvalue weighted by molar-refractivity contribution is 0.587. The van der Waals surface area contributed by atoms with Crippen LogP contribution in [0.5, 0.6) is 0 Å². The molecule has 5 heteroatoms. The lowest BCUT2D eigenvalue weighted by Gasteiger charge is -2.03. The zero-order chi connectivity index (χ0) is 13.3. The van der Waals surface area contributed by atoms with Gasteiger partial charge in [0.2, 0.25) is 10.0 Å². The average molecular weight is 266 g/mol. The van der Waals surface area contributed by atoms with Crippen LogP contribution in [0.15, 0.2) is 18.2 Å². The van der Waals surface area contributed by atoms with Gasteiger partial charge in [-0.05, 0) is 36.6 Å². The number of aryl methyl sites for hydroxylation is 2. The van der Waals surface area contributed by atoms with Crippen molar-refractivity contribution in [3.05, 3.63) is 35.0 Å². The predicted molar refractivity (Wildman–Crippen MR) is 74.1 cm³/mol. The lowest BCUT2D eigenvalue weighted by atomic mass is 10.1. The van der Waals surface area contributed by atoms with Crippen LogP contribution in [-0.2, 0) is 23.0 Å². The number of sulfonamides is 1. The van der Waals surface area contributed by atoms with Gasteiger partial charge in [0.25, 0.3) is 0 Å². The summed E-state index contributed by atoms with van der Waals surface area (Å²) in [4.78, 5) is 3.37. The maximum Gasteiger partial charge on any atom is 0.209 e. The second-order valence-electron chi connectivity index (χ2n) is 4.56. The van der Waals surface area contributed by atoms with E-state index in [1.807, 2.05) is 18.2 Å². The molecule has 0 fully saturated rings. The summed E-state index contributed by atoms with van der Waals surface area (Å²) in [6, 6.07) is 5.98. The van der Waals surface area contributed by atoms with E-state index >= 15 is 0 Å². The minimum Gasteiger partial charge on any atom is -0.358 e. The number of rotatable bonds is 4. The summed E-state index contributed by atoms with van der Waals surface area (Å²) in [5, 5.41) is 1.17. The van der Waals surface area contributed by atoms with E-state index in [2.05, 4.69) is 23.6 Å². The SMILES string of the molecule is CCc1[nH]c2ccc(CNS(C)(=O)=O)cc2c1C. The molecule has 0 aliphatic rings. The Morgan fingerprint density at radius 1 is 1.33 bits per heavy atom. The third kappa shape index (κ3) is 2.73. The average Bonchev–Trinajstić information content (AvgIpc) is 2.63. The number of hydrogen-bond donors (Lipinski definition) is 2. The second kappa shape index (κ2) is 4.74. The molecular formula is C13H18N2O2S. The maximum absolute atomic E-state index is 11.1. The molecular weight excluding hydrogens is 248 g/mol. The van der Waals surface area contributed by atoms with Gasteiger partial charge in [-0.1, -0.05) is 13.0 Å². The fraction of sp³-hybridized carbons (Fsp3) is 0.385. The molecule has 0 radical (unpaired) electrons. The van der Waals surface area contributed by atoms with Crippen LogP contribution < -0.4 is 4.72 Å². The molecule has 2 aromatic rings. The van der Waals surface area contributed by atoms with Gasteiger partial charge in [0.05, 0.1) is 6.26 Å². The van der Waals surface area contributed by atoms with Gasteiger partial charge in [-0.15, -0.1) is 0 Å². The van der Waals surface area contributed by atoms with Crippen molar-refractivity contribution in [2.75, 3.05) is 6.26 Å². The molecule has 1 heterocycles. The summed E-state index contributed by atoms with van der Waals surface area (Å²) in [6.45, 7) is 4.54. The largest absolute Gasteiger partial charge is 0.358 e. The summed E-state index contributed by atoms with van der Waals surface area (Å²) >= 11 is 0. The van der Waals surface area contributed by atoms with Crippen LogP contribution in [0.4, 0.5) is 0 Å². The standard InChI is InChI=1S/C13H18N2O2S/c1-4-12-9(2)11-7-10(5-6-13(11)15-12)8-14-18(3,16)17/h5-7,14-15H,4,8H2,1-3H3. The summed E-state index contributed by atoms with van der Waals surface area (Å²) in [5.74, 6) is 0. The molecule has 1 aromatic heterocycles. The molecule has 4 nitrogen and oxygen atoms in total. The number of hydrogen-bond acceptors (Lipinski definition) is 2.